The summed E-state index contributed by atoms with van der Waals surface area (Å²) in [7, 11) is 0. The van der Waals surface area contributed by atoms with Crippen LogP contribution in [-0.2, 0) is 9.53 Å². The number of esters is 1. The molecule has 0 saturated carbocycles. The molecule has 0 fully saturated rings. The fourth-order valence-corrected chi connectivity index (χ4v) is 4.76. The number of aromatic hydroxyl groups is 1. The van der Waals surface area contributed by atoms with Crippen LogP contribution in [0.25, 0.3) is 22.1 Å². The minimum absolute atomic E-state index is 0.00585. The van der Waals surface area contributed by atoms with E-state index >= 15 is 0 Å². The first-order valence-corrected chi connectivity index (χ1v) is 12.9. The van der Waals surface area contributed by atoms with Gasteiger partial charge in [0.15, 0.2) is 6.04 Å². The molecular formula is C31H34N2O5. The van der Waals surface area contributed by atoms with Crippen LogP contribution in [0.2, 0.25) is 0 Å². The monoisotopic (exact) mass is 514 g/mol. The second kappa shape index (κ2) is 11.4. The lowest BCUT2D eigenvalue weighted by Gasteiger charge is -2.21. The topological polar surface area (TPSA) is 92.0 Å². The van der Waals surface area contributed by atoms with Gasteiger partial charge in [-0.2, -0.15) is 0 Å². The lowest BCUT2D eigenvalue weighted by Crippen LogP contribution is -2.23. The van der Waals surface area contributed by atoms with Gasteiger partial charge in [0.2, 0.25) is 0 Å². The Labute approximate surface area is 222 Å². The highest BCUT2D eigenvalue weighted by Gasteiger charge is 2.25. The number of phenols is 1. The van der Waals surface area contributed by atoms with Gasteiger partial charge >= 0.3 is 11.6 Å². The lowest BCUT2D eigenvalue weighted by molar-refractivity contribution is -0.144. The van der Waals surface area contributed by atoms with Crippen LogP contribution in [0.3, 0.4) is 0 Å². The summed E-state index contributed by atoms with van der Waals surface area (Å²) >= 11 is 0. The van der Waals surface area contributed by atoms with Crippen LogP contribution < -0.4 is 15.8 Å². The van der Waals surface area contributed by atoms with Crippen LogP contribution >= 0.6 is 0 Å². The van der Waals surface area contributed by atoms with Crippen LogP contribution in [0.15, 0.2) is 69.9 Å². The second-order valence-electron chi connectivity index (χ2n) is 9.21. The third-order valence-corrected chi connectivity index (χ3v) is 6.78. The summed E-state index contributed by atoms with van der Waals surface area (Å²) < 4.78 is 11.0. The van der Waals surface area contributed by atoms with Gasteiger partial charge in [-0.15, -0.1) is 0 Å². The minimum atomic E-state index is -0.895. The van der Waals surface area contributed by atoms with E-state index in [0.717, 1.165) is 35.3 Å². The van der Waals surface area contributed by atoms with E-state index in [1.165, 1.54) is 0 Å². The maximum Gasteiger partial charge on any atom is 0.344 e. The number of hydrogen-bond acceptors (Lipinski definition) is 7. The molecule has 0 spiro atoms. The molecule has 1 aromatic heterocycles. The normalized spacial score (nSPS) is 11.8. The molecule has 0 saturated heterocycles. The molecule has 4 aromatic rings. The number of carbonyl (C=O) groups excluding carboxylic acids is 1. The van der Waals surface area contributed by atoms with Gasteiger partial charge in [-0.1, -0.05) is 23.8 Å². The van der Waals surface area contributed by atoms with Crippen molar-refractivity contribution in [1.82, 2.24) is 0 Å². The molecule has 198 valence electrons. The lowest BCUT2D eigenvalue weighted by atomic mass is 9.98. The molecule has 0 aliphatic rings. The number of fused-ring (bicyclic) bond motifs is 1. The van der Waals surface area contributed by atoms with E-state index in [2.05, 4.69) is 30.1 Å². The maximum atomic E-state index is 13.1. The third kappa shape index (κ3) is 5.37. The van der Waals surface area contributed by atoms with Gasteiger partial charge in [0.1, 0.15) is 11.3 Å². The molecule has 2 N–H and O–H groups in total. The molecule has 1 unspecified atom stereocenters. The van der Waals surface area contributed by atoms with Crippen molar-refractivity contribution in [3.63, 3.8) is 0 Å². The van der Waals surface area contributed by atoms with E-state index in [0.29, 0.717) is 28.0 Å². The van der Waals surface area contributed by atoms with Crippen LogP contribution in [0, 0.1) is 13.8 Å². The summed E-state index contributed by atoms with van der Waals surface area (Å²) in [5.74, 6) is -0.487. The third-order valence-electron chi connectivity index (χ3n) is 6.78. The van der Waals surface area contributed by atoms with E-state index in [4.69, 9.17) is 9.15 Å². The Kier molecular flexibility index (Phi) is 8.05. The number of rotatable bonds is 9. The molecule has 0 radical (unpaired) electrons. The minimum Gasteiger partial charge on any atom is -0.508 e. The van der Waals surface area contributed by atoms with Gasteiger partial charge in [-0.25, -0.2) is 9.59 Å². The number of aryl methyl sites for hydroxylation is 2. The Bertz CT molecular complexity index is 1500. The Morgan fingerprint density at radius 2 is 1.71 bits per heavy atom. The Balaban J connectivity index is 1.67. The van der Waals surface area contributed by atoms with E-state index < -0.39 is 17.6 Å². The van der Waals surface area contributed by atoms with E-state index in [9.17, 15) is 14.7 Å². The molecule has 0 bridgehead atoms. The quantitative estimate of drug-likeness (QED) is 0.199. The largest absolute Gasteiger partial charge is 0.508 e. The summed E-state index contributed by atoms with van der Waals surface area (Å²) in [6.45, 7) is 11.7. The number of carbonyl (C=O) groups is 1. The number of phenolic OH excluding ortho intramolecular Hbond substituents is 1. The number of anilines is 2. The van der Waals surface area contributed by atoms with Gasteiger partial charge in [0, 0.05) is 41.5 Å². The van der Waals surface area contributed by atoms with Crippen LogP contribution in [0.1, 0.15) is 43.5 Å². The Morgan fingerprint density at radius 3 is 2.37 bits per heavy atom. The molecule has 0 aliphatic heterocycles. The molecular weight excluding hydrogens is 480 g/mol. The van der Waals surface area contributed by atoms with Crippen molar-refractivity contribution in [1.29, 1.82) is 0 Å². The molecule has 4 rings (SSSR count). The Morgan fingerprint density at radius 1 is 1.00 bits per heavy atom. The maximum absolute atomic E-state index is 13.1. The molecule has 0 aliphatic carbocycles. The van der Waals surface area contributed by atoms with Crippen LogP contribution in [0.5, 0.6) is 5.75 Å². The molecule has 0 amide bonds. The van der Waals surface area contributed by atoms with E-state index in [1.54, 1.807) is 37.3 Å². The van der Waals surface area contributed by atoms with Crippen LogP contribution in [-0.4, -0.2) is 30.8 Å². The summed E-state index contributed by atoms with van der Waals surface area (Å²) in [6.07, 6.45) is 0. The summed E-state index contributed by atoms with van der Waals surface area (Å²) in [6, 6.07) is 17.4. The van der Waals surface area contributed by atoms with Crippen molar-refractivity contribution in [2.75, 3.05) is 29.9 Å². The first-order chi connectivity index (χ1) is 18.3. The summed E-state index contributed by atoms with van der Waals surface area (Å²) in [5.41, 5.74) is 5.21. The number of benzene rings is 3. The fourth-order valence-electron chi connectivity index (χ4n) is 4.76. The SMILES string of the molecule is CCOC(=O)C(Nc1ccc(-c2c(C)c3ccc(N(CC)CC)cc3oc2=O)cc1)c1cc(C)ccc1O. The van der Waals surface area contributed by atoms with Crippen molar-refractivity contribution < 1.29 is 19.1 Å². The number of ether oxygens (including phenoxy) is 1. The summed E-state index contributed by atoms with van der Waals surface area (Å²) in [4.78, 5) is 28.0. The zero-order valence-electron chi connectivity index (χ0n) is 22.5. The zero-order valence-corrected chi connectivity index (χ0v) is 22.5. The standard InChI is InChI=1S/C31H34N2O5/c1-6-33(7-2)23-14-15-24-20(5)28(30(35)38-27(24)18-23)21-10-12-22(13-11-21)32-29(31(36)37-8-3)25-17-19(4)9-16-26(25)34/h9-18,29,32,34H,6-8H2,1-5H3. The van der Waals surface area contributed by atoms with Gasteiger partial charge in [0.25, 0.3) is 0 Å². The highest BCUT2D eigenvalue weighted by atomic mass is 16.5. The number of hydrogen-bond donors (Lipinski definition) is 2. The number of nitrogens with one attached hydrogen (secondary N) is 1. The average molecular weight is 515 g/mol. The first kappa shape index (κ1) is 26.8. The molecule has 1 atom stereocenters. The zero-order chi connectivity index (χ0) is 27.4. The second-order valence-corrected chi connectivity index (χ2v) is 9.21. The Hall–Kier alpha value is -4.26. The van der Waals surface area contributed by atoms with Crippen molar-refractivity contribution in [3.05, 3.63) is 87.8 Å². The van der Waals surface area contributed by atoms with Crippen molar-refractivity contribution in [2.24, 2.45) is 0 Å². The van der Waals surface area contributed by atoms with Gasteiger partial charge in [-0.3, -0.25) is 0 Å². The fraction of sp³-hybridized carbons (Fsp3) is 0.290. The van der Waals surface area contributed by atoms with Crippen molar-refractivity contribution in [2.45, 2.75) is 40.7 Å². The average Bonchev–Trinajstić information content (AvgIpc) is 2.90. The number of nitrogens with zero attached hydrogens (tertiary/aromatic N) is 1. The molecule has 1 heterocycles. The smallest absolute Gasteiger partial charge is 0.344 e. The highest BCUT2D eigenvalue weighted by molar-refractivity contribution is 5.89. The van der Waals surface area contributed by atoms with E-state index in [-0.39, 0.29) is 12.4 Å². The van der Waals surface area contributed by atoms with Gasteiger partial charge in [0.05, 0.1) is 12.2 Å². The predicted octanol–water partition coefficient (Wildman–Crippen LogP) is 6.34. The predicted molar refractivity (Wildman–Crippen MR) is 152 cm³/mol. The molecule has 7 nitrogen and oxygen atoms in total. The molecule has 38 heavy (non-hydrogen) atoms. The van der Waals surface area contributed by atoms with Crippen molar-refractivity contribution >= 4 is 28.3 Å². The molecule has 7 heteroatoms. The van der Waals surface area contributed by atoms with Crippen LogP contribution in [0.4, 0.5) is 11.4 Å². The van der Waals surface area contributed by atoms with E-state index in [1.807, 2.05) is 38.1 Å². The van der Waals surface area contributed by atoms with Gasteiger partial charge < -0.3 is 24.5 Å². The van der Waals surface area contributed by atoms with Crippen molar-refractivity contribution in [3.8, 4) is 16.9 Å². The highest BCUT2D eigenvalue weighted by Crippen LogP contribution is 2.32. The summed E-state index contributed by atoms with van der Waals surface area (Å²) in [5, 5.41) is 14.5. The first-order valence-electron chi connectivity index (χ1n) is 12.9. The molecule has 3 aromatic carbocycles. The van der Waals surface area contributed by atoms with Gasteiger partial charge in [-0.05, 0) is 82.1 Å².